The average molecular weight is 379 g/mol. The summed E-state index contributed by atoms with van der Waals surface area (Å²) in [5.41, 5.74) is 1.000. The van der Waals surface area contributed by atoms with Crippen LogP contribution in [-0.4, -0.2) is 34.8 Å². The summed E-state index contributed by atoms with van der Waals surface area (Å²) >= 11 is 2.69. The molecule has 0 aromatic carbocycles. The Morgan fingerprint density at radius 1 is 1.36 bits per heavy atom. The van der Waals surface area contributed by atoms with Gasteiger partial charge in [-0.2, -0.15) is 0 Å². The zero-order valence-corrected chi connectivity index (χ0v) is 16.0. The van der Waals surface area contributed by atoms with Crippen molar-refractivity contribution in [1.82, 2.24) is 9.88 Å². The average Bonchev–Trinajstić information content (AvgIpc) is 3.16. The number of likely N-dealkylation sites (tertiary alicyclic amines) is 1. The molecule has 1 atom stereocenters. The van der Waals surface area contributed by atoms with E-state index in [9.17, 15) is 9.59 Å². The molecule has 0 saturated carbocycles. The molecule has 0 spiro atoms. The van der Waals surface area contributed by atoms with Crippen molar-refractivity contribution in [2.45, 2.75) is 33.2 Å². The SMILES string of the molecule is CC(=O)Nc1ccc(C(=O)Nc2nc(CN3CCC[C@@H](C)C3)cs2)s1. The maximum Gasteiger partial charge on any atom is 0.267 e. The van der Waals surface area contributed by atoms with Gasteiger partial charge in [0.05, 0.1) is 15.6 Å². The molecular formula is C17H22N4O2S2. The monoisotopic (exact) mass is 378 g/mol. The van der Waals surface area contributed by atoms with Crippen molar-refractivity contribution in [2.75, 3.05) is 23.7 Å². The first-order chi connectivity index (χ1) is 12.0. The van der Waals surface area contributed by atoms with Gasteiger partial charge in [-0.15, -0.1) is 22.7 Å². The highest BCUT2D eigenvalue weighted by Gasteiger charge is 2.18. The Morgan fingerprint density at radius 3 is 2.96 bits per heavy atom. The van der Waals surface area contributed by atoms with Gasteiger partial charge in [-0.1, -0.05) is 6.92 Å². The number of anilines is 2. The lowest BCUT2D eigenvalue weighted by molar-refractivity contribution is -0.114. The quantitative estimate of drug-likeness (QED) is 0.833. The predicted molar refractivity (Wildman–Crippen MR) is 102 cm³/mol. The molecule has 2 aromatic heterocycles. The summed E-state index contributed by atoms with van der Waals surface area (Å²) in [5, 5.41) is 8.80. The molecular weight excluding hydrogens is 356 g/mol. The van der Waals surface area contributed by atoms with E-state index in [0.29, 0.717) is 15.0 Å². The summed E-state index contributed by atoms with van der Waals surface area (Å²) in [4.78, 5) is 30.9. The topological polar surface area (TPSA) is 74.3 Å². The number of thiazole rings is 1. The maximum atomic E-state index is 12.3. The fourth-order valence-corrected chi connectivity index (χ4v) is 4.50. The van der Waals surface area contributed by atoms with Gasteiger partial charge < -0.3 is 5.32 Å². The highest BCUT2D eigenvalue weighted by atomic mass is 32.1. The molecule has 2 amide bonds. The Balaban J connectivity index is 1.56. The normalized spacial score (nSPS) is 18.1. The third kappa shape index (κ3) is 5.10. The fourth-order valence-electron chi connectivity index (χ4n) is 2.96. The number of amides is 2. The number of carbonyl (C=O) groups excluding carboxylic acids is 2. The van der Waals surface area contributed by atoms with E-state index in [1.807, 2.05) is 5.38 Å². The summed E-state index contributed by atoms with van der Waals surface area (Å²) in [6.45, 7) is 6.79. The van der Waals surface area contributed by atoms with E-state index in [1.165, 1.54) is 42.4 Å². The molecule has 25 heavy (non-hydrogen) atoms. The summed E-state index contributed by atoms with van der Waals surface area (Å²) < 4.78 is 0. The van der Waals surface area contributed by atoms with Crippen molar-refractivity contribution < 1.29 is 9.59 Å². The van der Waals surface area contributed by atoms with Crippen molar-refractivity contribution in [3.63, 3.8) is 0 Å². The van der Waals surface area contributed by atoms with Gasteiger partial charge in [0.25, 0.3) is 5.91 Å². The maximum absolute atomic E-state index is 12.3. The van der Waals surface area contributed by atoms with E-state index >= 15 is 0 Å². The molecule has 1 fully saturated rings. The van der Waals surface area contributed by atoms with Crippen LogP contribution in [-0.2, 0) is 11.3 Å². The van der Waals surface area contributed by atoms with Crippen LogP contribution in [0.25, 0.3) is 0 Å². The molecule has 0 radical (unpaired) electrons. The first-order valence-electron chi connectivity index (χ1n) is 8.35. The van der Waals surface area contributed by atoms with E-state index < -0.39 is 0 Å². The number of thiophene rings is 1. The fraction of sp³-hybridized carbons (Fsp3) is 0.471. The van der Waals surface area contributed by atoms with Crippen LogP contribution in [0, 0.1) is 5.92 Å². The summed E-state index contributed by atoms with van der Waals surface area (Å²) in [7, 11) is 0. The first-order valence-corrected chi connectivity index (χ1v) is 10.0. The van der Waals surface area contributed by atoms with Crippen LogP contribution >= 0.6 is 22.7 Å². The van der Waals surface area contributed by atoms with E-state index in [4.69, 9.17) is 0 Å². The number of nitrogens with zero attached hydrogens (tertiary/aromatic N) is 2. The molecule has 6 nitrogen and oxygen atoms in total. The zero-order valence-electron chi connectivity index (χ0n) is 14.4. The minimum atomic E-state index is -0.200. The van der Waals surface area contributed by atoms with Gasteiger partial charge in [-0.3, -0.25) is 19.8 Å². The van der Waals surface area contributed by atoms with E-state index in [0.717, 1.165) is 31.2 Å². The van der Waals surface area contributed by atoms with Gasteiger partial charge >= 0.3 is 0 Å². The molecule has 0 aliphatic carbocycles. The van der Waals surface area contributed by atoms with Crippen molar-refractivity contribution >= 4 is 44.6 Å². The molecule has 1 saturated heterocycles. The molecule has 134 valence electrons. The lowest BCUT2D eigenvalue weighted by atomic mass is 10.0. The number of piperidine rings is 1. The number of aromatic nitrogens is 1. The molecule has 0 bridgehead atoms. The minimum absolute atomic E-state index is 0.148. The summed E-state index contributed by atoms with van der Waals surface area (Å²) in [5.74, 6) is 0.391. The molecule has 0 unspecified atom stereocenters. The van der Waals surface area contributed by atoms with Crippen LogP contribution in [0.2, 0.25) is 0 Å². The lowest BCUT2D eigenvalue weighted by Gasteiger charge is -2.30. The molecule has 1 aliphatic heterocycles. The van der Waals surface area contributed by atoms with Crippen molar-refractivity contribution in [3.05, 3.63) is 28.1 Å². The van der Waals surface area contributed by atoms with E-state index in [-0.39, 0.29) is 11.8 Å². The van der Waals surface area contributed by atoms with Crippen LogP contribution in [0.1, 0.15) is 42.1 Å². The lowest BCUT2D eigenvalue weighted by Crippen LogP contribution is -2.33. The van der Waals surface area contributed by atoms with Gasteiger partial charge in [0, 0.05) is 25.4 Å². The number of rotatable bonds is 5. The summed E-state index contributed by atoms with van der Waals surface area (Å²) in [6.07, 6.45) is 2.54. The molecule has 3 rings (SSSR count). The third-order valence-electron chi connectivity index (χ3n) is 4.03. The van der Waals surface area contributed by atoms with Crippen molar-refractivity contribution in [2.24, 2.45) is 5.92 Å². The smallest absolute Gasteiger partial charge is 0.267 e. The second kappa shape index (κ2) is 8.07. The van der Waals surface area contributed by atoms with Gasteiger partial charge in [-0.05, 0) is 37.4 Å². The molecule has 8 heteroatoms. The van der Waals surface area contributed by atoms with Gasteiger partial charge in [0.2, 0.25) is 5.91 Å². The number of carbonyl (C=O) groups is 2. The Kier molecular flexibility index (Phi) is 5.82. The van der Waals surface area contributed by atoms with Gasteiger partial charge in [0.1, 0.15) is 0 Å². The van der Waals surface area contributed by atoms with Crippen LogP contribution in [0.15, 0.2) is 17.5 Å². The van der Waals surface area contributed by atoms with Crippen molar-refractivity contribution in [3.8, 4) is 0 Å². The molecule has 2 N–H and O–H groups in total. The highest BCUT2D eigenvalue weighted by Crippen LogP contribution is 2.25. The first kappa shape index (κ1) is 18.0. The largest absolute Gasteiger partial charge is 0.318 e. The Hall–Kier alpha value is -1.77. The zero-order chi connectivity index (χ0) is 17.8. The predicted octanol–water partition coefficient (Wildman–Crippen LogP) is 3.65. The van der Waals surface area contributed by atoms with Crippen LogP contribution < -0.4 is 10.6 Å². The Morgan fingerprint density at radius 2 is 2.20 bits per heavy atom. The van der Waals surface area contributed by atoms with E-state index in [1.54, 1.807) is 12.1 Å². The van der Waals surface area contributed by atoms with Crippen LogP contribution in [0.4, 0.5) is 10.1 Å². The molecule has 2 aromatic rings. The Labute approximate surface area is 155 Å². The second-order valence-electron chi connectivity index (χ2n) is 6.43. The van der Waals surface area contributed by atoms with Gasteiger partial charge in [0.15, 0.2) is 5.13 Å². The molecule has 3 heterocycles. The minimum Gasteiger partial charge on any atom is -0.318 e. The van der Waals surface area contributed by atoms with Gasteiger partial charge in [-0.25, -0.2) is 4.98 Å². The molecule has 1 aliphatic rings. The number of hydrogen-bond donors (Lipinski definition) is 2. The van der Waals surface area contributed by atoms with E-state index in [2.05, 4.69) is 27.4 Å². The Bertz CT molecular complexity index is 755. The van der Waals surface area contributed by atoms with Crippen LogP contribution in [0.5, 0.6) is 0 Å². The van der Waals surface area contributed by atoms with Crippen molar-refractivity contribution in [1.29, 1.82) is 0 Å². The second-order valence-corrected chi connectivity index (χ2v) is 8.37. The highest BCUT2D eigenvalue weighted by molar-refractivity contribution is 7.18. The van der Waals surface area contributed by atoms with Crippen LogP contribution in [0.3, 0.4) is 0 Å². The summed E-state index contributed by atoms with van der Waals surface area (Å²) in [6, 6.07) is 3.43. The number of nitrogens with one attached hydrogen (secondary N) is 2. The standard InChI is InChI=1S/C17H22N4O2S2/c1-11-4-3-7-21(8-11)9-13-10-24-17(19-13)20-16(23)14-5-6-15(25-14)18-12(2)22/h5-6,10-11H,3-4,7-9H2,1-2H3,(H,18,22)(H,19,20,23)/t11-/m1/s1. The number of hydrogen-bond acceptors (Lipinski definition) is 6. The third-order valence-corrected chi connectivity index (χ3v) is 5.83.